The minimum Gasteiger partial charge on any atom is -0.494 e. The highest BCUT2D eigenvalue weighted by Gasteiger charge is 2.09. The van der Waals surface area contributed by atoms with E-state index >= 15 is 0 Å². The van der Waals surface area contributed by atoms with Crippen LogP contribution < -0.4 is 9.54 Å². The van der Waals surface area contributed by atoms with Crippen molar-refractivity contribution in [3.05, 3.63) is 58.4 Å². The van der Waals surface area contributed by atoms with E-state index in [0.717, 1.165) is 27.2 Å². The van der Waals surface area contributed by atoms with Crippen molar-refractivity contribution in [3.63, 3.8) is 0 Å². The number of hydrogen-bond donors (Lipinski definition) is 0. The summed E-state index contributed by atoms with van der Waals surface area (Å²) in [5.74, 6) is 0.683. The van der Waals surface area contributed by atoms with Gasteiger partial charge in [0.1, 0.15) is 5.75 Å². The second kappa shape index (κ2) is 7.66. The van der Waals surface area contributed by atoms with Gasteiger partial charge in [0.15, 0.2) is 4.80 Å². The van der Waals surface area contributed by atoms with Crippen LogP contribution in [0.2, 0.25) is 0 Å². The summed E-state index contributed by atoms with van der Waals surface area (Å²) in [5, 5.41) is 0. The first kappa shape index (κ1) is 17.4. The van der Waals surface area contributed by atoms with Crippen molar-refractivity contribution in [2.75, 3.05) is 6.61 Å². The minimum absolute atomic E-state index is 0.135. The molecule has 3 aromatic rings. The molecule has 0 bridgehead atoms. The van der Waals surface area contributed by atoms with Crippen molar-refractivity contribution in [2.45, 2.75) is 26.7 Å². The molecule has 0 saturated carbocycles. The van der Waals surface area contributed by atoms with Gasteiger partial charge in [0.25, 0.3) is 5.91 Å². The Hall–Kier alpha value is -2.40. The predicted molar refractivity (Wildman–Crippen MR) is 102 cm³/mol. The van der Waals surface area contributed by atoms with E-state index in [-0.39, 0.29) is 5.91 Å². The number of carbonyl (C=O) groups is 1. The Balaban J connectivity index is 1.86. The summed E-state index contributed by atoms with van der Waals surface area (Å²) in [7, 11) is 1.97. The van der Waals surface area contributed by atoms with Crippen LogP contribution in [0.1, 0.15) is 25.0 Å². The molecule has 0 atom stereocenters. The van der Waals surface area contributed by atoms with Gasteiger partial charge < -0.3 is 9.30 Å². The zero-order chi connectivity index (χ0) is 17.8. The number of thiazole rings is 1. The lowest BCUT2D eigenvalue weighted by Gasteiger charge is -2.03. The fourth-order valence-electron chi connectivity index (χ4n) is 2.87. The lowest BCUT2D eigenvalue weighted by molar-refractivity contribution is -0.117. The van der Waals surface area contributed by atoms with Crippen LogP contribution in [0.15, 0.2) is 47.5 Å². The summed E-state index contributed by atoms with van der Waals surface area (Å²) >= 11 is 1.56. The second-order valence-electron chi connectivity index (χ2n) is 5.82. The van der Waals surface area contributed by atoms with Crippen LogP contribution in [0.4, 0.5) is 0 Å². The van der Waals surface area contributed by atoms with Gasteiger partial charge in [-0.15, -0.1) is 0 Å². The Bertz CT molecular complexity index is 952. The number of aryl methyl sites for hydroxylation is 2. The third-order valence-corrected chi connectivity index (χ3v) is 5.19. The maximum atomic E-state index is 12.4. The molecule has 0 spiro atoms. The molecule has 0 fully saturated rings. The Morgan fingerprint density at radius 2 is 1.92 bits per heavy atom. The highest BCUT2D eigenvalue weighted by molar-refractivity contribution is 7.16. The van der Waals surface area contributed by atoms with E-state index in [4.69, 9.17) is 4.74 Å². The molecular weight excluding hydrogens is 332 g/mol. The van der Waals surface area contributed by atoms with Gasteiger partial charge in [-0.25, -0.2) is 0 Å². The highest BCUT2D eigenvalue weighted by Crippen LogP contribution is 2.21. The fourth-order valence-corrected chi connectivity index (χ4v) is 3.95. The number of para-hydroxylation sites is 1. The molecule has 0 aliphatic carbocycles. The van der Waals surface area contributed by atoms with Crippen molar-refractivity contribution in [2.24, 2.45) is 12.0 Å². The first-order valence-corrected chi connectivity index (χ1v) is 9.30. The van der Waals surface area contributed by atoms with Gasteiger partial charge in [0.2, 0.25) is 0 Å². The number of hydrogen-bond acceptors (Lipinski definition) is 3. The molecule has 1 aromatic heterocycles. The van der Waals surface area contributed by atoms with E-state index in [1.165, 1.54) is 11.1 Å². The van der Waals surface area contributed by atoms with E-state index < -0.39 is 0 Å². The lowest BCUT2D eigenvalue weighted by atomic mass is 10.1. The number of fused-ring (bicyclic) bond motifs is 1. The van der Waals surface area contributed by atoms with Gasteiger partial charge >= 0.3 is 0 Å². The molecule has 0 N–H and O–H groups in total. The smallest absolute Gasteiger partial charge is 0.252 e. The van der Waals surface area contributed by atoms with Gasteiger partial charge in [0.05, 0.1) is 23.2 Å². The molecule has 1 heterocycles. The Morgan fingerprint density at radius 3 is 2.60 bits per heavy atom. The number of rotatable bonds is 5. The standard InChI is InChI=1S/C20H22N2O2S/c1-4-15-7-6-8-17-19(15)22(3)20(25-17)21-18(23)13-14-9-11-16(12-10-14)24-5-2/h6-12H,4-5,13H2,1-3H3. The molecule has 0 radical (unpaired) electrons. The van der Waals surface area contributed by atoms with Crippen LogP contribution in [-0.4, -0.2) is 17.1 Å². The monoisotopic (exact) mass is 354 g/mol. The average molecular weight is 354 g/mol. The lowest BCUT2D eigenvalue weighted by Crippen LogP contribution is -2.14. The van der Waals surface area contributed by atoms with Crippen molar-refractivity contribution in [1.29, 1.82) is 0 Å². The summed E-state index contributed by atoms with van der Waals surface area (Å²) in [4.78, 5) is 17.5. The average Bonchev–Trinajstić information content (AvgIpc) is 2.93. The number of nitrogens with zero attached hydrogens (tertiary/aromatic N) is 2. The molecular formula is C20H22N2O2S. The van der Waals surface area contributed by atoms with Crippen LogP contribution >= 0.6 is 11.3 Å². The maximum Gasteiger partial charge on any atom is 0.252 e. The van der Waals surface area contributed by atoms with Crippen molar-refractivity contribution >= 4 is 27.5 Å². The maximum absolute atomic E-state index is 12.4. The van der Waals surface area contributed by atoms with E-state index in [9.17, 15) is 4.79 Å². The van der Waals surface area contributed by atoms with Gasteiger partial charge in [0, 0.05) is 7.05 Å². The Morgan fingerprint density at radius 1 is 1.16 bits per heavy atom. The predicted octanol–water partition coefficient (Wildman–Crippen LogP) is 3.87. The molecule has 2 aromatic carbocycles. The zero-order valence-electron chi connectivity index (χ0n) is 14.8. The summed E-state index contributed by atoms with van der Waals surface area (Å²) in [6, 6.07) is 13.9. The zero-order valence-corrected chi connectivity index (χ0v) is 15.6. The van der Waals surface area contributed by atoms with E-state index in [2.05, 4.69) is 30.1 Å². The second-order valence-corrected chi connectivity index (χ2v) is 6.83. The van der Waals surface area contributed by atoms with Crippen molar-refractivity contribution in [1.82, 2.24) is 4.57 Å². The van der Waals surface area contributed by atoms with E-state index in [1.807, 2.05) is 42.8 Å². The molecule has 4 nitrogen and oxygen atoms in total. The van der Waals surface area contributed by atoms with Crippen LogP contribution in [0, 0.1) is 0 Å². The van der Waals surface area contributed by atoms with Gasteiger partial charge in [-0.3, -0.25) is 4.79 Å². The Kier molecular flexibility index (Phi) is 5.34. The fraction of sp³-hybridized carbons (Fsp3) is 0.300. The summed E-state index contributed by atoms with van der Waals surface area (Å²) in [5.41, 5.74) is 3.38. The van der Waals surface area contributed by atoms with Crippen LogP contribution in [0.5, 0.6) is 5.75 Å². The van der Waals surface area contributed by atoms with Crippen LogP contribution in [-0.2, 0) is 24.7 Å². The SMILES string of the molecule is CCOc1ccc(CC(=O)N=c2sc3cccc(CC)c3n2C)cc1. The van der Waals surface area contributed by atoms with Crippen LogP contribution in [0.25, 0.3) is 10.2 Å². The topological polar surface area (TPSA) is 43.6 Å². The number of aromatic nitrogens is 1. The normalized spacial score (nSPS) is 11.9. The van der Waals surface area contributed by atoms with E-state index in [1.54, 1.807) is 11.3 Å². The summed E-state index contributed by atoms with van der Waals surface area (Å²) < 4.78 is 8.61. The van der Waals surface area contributed by atoms with E-state index in [0.29, 0.717) is 13.0 Å². The number of ether oxygens (including phenoxy) is 1. The van der Waals surface area contributed by atoms with Crippen LogP contribution in [0.3, 0.4) is 0 Å². The number of benzene rings is 2. The molecule has 130 valence electrons. The molecule has 5 heteroatoms. The third kappa shape index (κ3) is 3.82. The molecule has 1 amide bonds. The minimum atomic E-state index is -0.135. The van der Waals surface area contributed by atoms with Gasteiger partial charge in [-0.1, -0.05) is 42.5 Å². The molecule has 3 rings (SSSR count). The largest absolute Gasteiger partial charge is 0.494 e. The molecule has 0 saturated heterocycles. The third-order valence-electron chi connectivity index (χ3n) is 4.10. The number of amides is 1. The molecule has 0 aliphatic rings. The van der Waals surface area contributed by atoms with Gasteiger partial charge in [-0.05, 0) is 42.7 Å². The first-order chi connectivity index (χ1) is 12.1. The van der Waals surface area contributed by atoms with Crippen molar-refractivity contribution < 1.29 is 9.53 Å². The Labute approximate surface area is 151 Å². The first-order valence-electron chi connectivity index (χ1n) is 8.49. The van der Waals surface area contributed by atoms with Crippen molar-refractivity contribution in [3.8, 4) is 5.75 Å². The molecule has 0 aliphatic heterocycles. The summed E-state index contributed by atoms with van der Waals surface area (Å²) in [6.07, 6.45) is 1.25. The quantitative estimate of drug-likeness (QED) is 0.698. The van der Waals surface area contributed by atoms with Gasteiger partial charge in [-0.2, -0.15) is 4.99 Å². The summed E-state index contributed by atoms with van der Waals surface area (Å²) in [6.45, 7) is 4.72. The highest BCUT2D eigenvalue weighted by atomic mass is 32.1. The molecule has 25 heavy (non-hydrogen) atoms. The number of carbonyl (C=O) groups excluding carboxylic acids is 1. The molecule has 0 unspecified atom stereocenters.